The molecule has 0 aromatic heterocycles. The Bertz CT molecular complexity index is 335. The summed E-state index contributed by atoms with van der Waals surface area (Å²) in [6.45, 7) is 7.58. The highest BCUT2D eigenvalue weighted by atomic mass is 35.5. The van der Waals surface area contributed by atoms with Crippen LogP contribution in [0.3, 0.4) is 0 Å². The van der Waals surface area contributed by atoms with Crippen molar-refractivity contribution in [2.45, 2.75) is 33.2 Å². The van der Waals surface area contributed by atoms with E-state index in [2.05, 4.69) is 26.1 Å². The fraction of sp³-hybridized carbons (Fsp3) is 0.571. The van der Waals surface area contributed by atoms with Crippen LogP contribution in [0.4, 0.5) is 0 Å². The van der Waals surface area contributed by atoms with Crippen molar-refractivity contribution in [1.82, 2.24) is 5.32 Å². The molecule has 0 radical (unpaired) electrons. The number of halogens is 1. The Balaban J connectivity index is 2.49. The van der Waals surface area contributed by atoms with Crippen molar-refractivity contribution in [2.75, 3.05) is 13.2 Å². The minimum Gasteiger partial charge on any atom is -0.396 e. The minimum absolute atomic E-state index is 0.120. The number of benzene rings is 1. The number of rotatable bonds is 6. The molecule has 1 unspecified atom stereocenters. The lowest BCUT2D eigenvalue weighted by atomic mass is 9.89. The van der Waals surface area contributed by atoms with E-state index in [1.54, 1.807) is 0 Å². The van der Waals surface area contributed by atoms with Gasteiger partial charge in [0.2, 0.25) is 0 Å². The van der Waals surface area contributed by atoms with Crippen molar-refractivity contribution >= 4 is 11.6 Å². The molecule has 0 spiro atoms. The molecule has 0 aliphatic heterocycles. The lowest BCUT2D eigenvalue weighted by molar-refractivity contribution is 0.204. The van der Waals surface area contributed by atoms with E-state index in [1.165, 1.54) is 5.56 Å². The zero-order valence-electron chi connectivity index (χ0n) is 10.8. The van der Waals surface area contributed by atoms with Crippen molar-refractivity contribution in [2.24, 2.45) is 5.41 Å². The number of aliphatic hydroxyl groups excluding tert-OH is 1. The van der Waals surface area contributed by atoms with Crippen LogP contribution in [-0.4, -0.2) is 18.3 Å². The Kier molecular flexibility index (Phi) is 5.44. The van der Waals surface area contributed by atoms with E-state index in [9.17, 15) is 0 Å². The predicted octanol–water partition coefficient (Wildman–Crippen LogP) is 3.40. The maximum atomic E-state index is 8.97. The molecular formula is C14H22ClNO. The number of hydrogen-bond donors (Lipinski definition) is 2. The first-order valence-electron chi connectivity index (χ1n) is 6.04. The van der Waals surface area contributed by atoms with E-state index in [0.717, 1.165) is 18.0 Å². The highest BCUT2D eigenvalue weighted by molar-refractivity contribution is 6.30. The Morgan fingerprint density at radius 3 is 2.41 bits per heavy atom. The van der Waals surface area contributed by atoms with E-state index < -0.39 is 0 Å². The molecule has 0 saturated heterocycles. The summed E-state index contributed by atoms with van der Waals surface area (Å²) in [5, 5.41) is 13.2. The molecule has 1 atom stereocenters. The van der Waals surface area contributed by atoms with Crippen LogP contribution in [0.2, 0.25) is 5.02 Å². The van der Waals surface area contributed by atoms with Gasteiger partial charge in [-0.25, -0.2) is 0 Å². The van der Waals surface area contributed by atoms with Gasteiger partial charge in [0.25, 0.3) is 0 Å². The fourth-order valence-corrected chi connectivity index (χ4v) is 1.82. The second-order valence-electron chi connectivity index (χ2n) is 5.29. The Morgan fingerprint density at radius 1 is 1.29 bits per heavy atom. The second-order valence-corrected chi connectivity index (χ2v) is 5.73. The number of nitrogens with one attached hydrogen (secondary N) is 1. The molecule has 0 saturated carbocycles. The summed E-state index contributed by atoms with van der Waals surface area (Å²) in [5.74, 6) is 0. The molecule has 0 bridgehead atoms. The maximum Gasteiger partial charge on any atom is 0.0436 e. The van der Waals surface area contributed by atoms with Gasteiger partial charge in [-0.3, -0.25) is 0 Å². The van der Waals surface area contributed by atoms with Gasteiger partial charge in [0.05, 0.1) is 0 Å². The Morgan fingerprint density at radius 2 is 1.88 bits per heavy atom. The Labute approximate surface area is 109 Å². The quantitative estimate of drug-likeness (QED) is 0.817. The van der Waals surface area contributed by atoms with Crippen LogP contribution in [0.5, 0.6) is 0 Å². The molecule has 96 valence electrons. The third-order valence-corrected chi connectivity index (χ3v) is 3.30. The zero-order chi connectivity index (χ0) is 12.9. The summed E-state index contributed by atoms with van der Waals surface area (Å²) in [6.07, 6.45) is 0.813. The van der Waals surface area contributed by atoms with E-state index in [1.807, 2.05) is 24.3 Å². The van der Waals surface area contributed by atoms with E-state index in [0.29, 0.717) is 6.04 Å². The lowest BCUT2D eigenvalue weighted by Gasteiger charge is -2.26. The summed E-state index contributed by atoms with van der Waals surface area (Å²) in [7, 11) is 0. The molecule has 0 amide bonds. The van der Waals surface area contributed by atoms with Crippen molar-refractivity contribution in [3.05, 3.63) is 34.9 Å². The van der Waals surface area contributed by atoms with E-state index >= 15 is 0 Å². The van der Waals surface area contributed by atoms with Crippen molar-refractivity contribution < 1.29 is 5.11 Å². The maximum absolute atomic E-state index is 8.97. The van der Waals surface area contributed by atoms with Gasteiger partial charge in [-0.05, 0) is 36.5 Å². The molecule has 2 N–H and O–H groups in total. The summed E-state index contributed by atoms with van der Waals surface area (Å²) >= 11 is 5.86. The van der Waals surface area contributed by atoms with Crippen LogP contribution in [0, 0.1) is 5.41 Å². The molecule has 3 heteroatoms. The van der Waals surface area contributed by atoms with Gasteiger partial charge < -0.3 is 10.4 Å². The smallest absolute Gasteiger partial charge is 0.0436 e. The van der Waals surface area contributed by atoms with Gasteiger partial charge in [-0.1, -0.05) is 37.6 Å². The molecule has 0 aliphatic carbocycles. The molecule has 1 aromatic carbocycles. The van der Waals surface area contributed by atoms with Crippen LogP contribution < -0.4 is 5.32 Å². The third-order valence-electron chi connectivity index (χ3n) is 3.05. The summed E-state index contributed by atoms with van der Waals surface area (Å²) in [4.78, 5) is 0. The molecule has 1 aromatic rings. The molecule has 17 heavy (non-hydrogen) atoms. The molecule has 0 fully saturated rings. The SMILES string of the molecule is CC(NCC(C)(C)CCO)c1ccc(Cl)cc1. The van der Waals surface area contributed by atoms with Crippen LogP contribution in [0.1, 0.15) is 38.8 Å². The van der Waals surface area contributed by atoms with E-state index in [-0.39, 0.29) is 12.0 Å². The van der Waals surface area contributed by atoms with Crippen molar-refractivity contribution in [1.29, 1.82) is 0 Å². The summed E-state index contributed by atoms with van der Waals surface area (Å²) in [6, 6.07) is 8.20. The van der Waals surface area contributed by atoms with Gasteiger partial charge in [0.15, 0.2) is 0 Å². The first-order chi connectivity index (χ1) is 7.94. The van der Waals surface area contributed by atoms with Gasteiger partial charge in [-0.15, -0.1) is 0 Å². The largest absolute Gasteiger partial charge is 0.396 e. The molecule has 1 rings (SSSR count). The van der Waals surface area contributed by atoms with Crippen LogP contribution in [-0.2, 0) is 0 Å². The van der Waals surface area contributed by atoms with Crippen molar-refractivity contribution in [3.8, 4) is 0 Å². The average Bonchev–Trinajstić information content (AvgIpc) is 2.27. The molecule has 0 heterocycles. The second kappa shape index (κ2) is 6.39. The van der Waals surface area contributed by atoms with Gasteiger partial charge in [0.1, 0.15) is 0 Å². The molecular weight excluding hydrogens is 234 g/mol. The highest BCUT2D eigenvalue weighted by Gasteiger charge is 2.18. The first kappa shape index (κ1) is 14.5. The topological polar surface area (TPSA) is 32.3 Å². The molecule has 2 nitrogen and oxygen atoms in total. The summed E-state index contributed by atoms with van der Waals surface area (Å²) < 4.78 is 0. The van der Waals surface area contributed by atoms with Crippen molar-refractivity contribution in [3.63, 3.8) is 0 Å². The van der Waals surface area contributed by atoms with Crippen LogP contribution >= 0.6 is 11.6 Å². The fourth-order valence-electron chi connectivity index (χ4n) is 1.69. The van der Waals surface area contributed by atoms with Crippen LogP contribution in [0.25, 0.3) is 0 Å². The van der Waals surface area contributed by atoms with Gasteiger partial charge >= 0.3 is 0 Å². The molecule has 0 aliphatic rings. The summed E-state index contributed by atoms with van der Waals surface area (Å²) in [5.41, 5.74) is 1.35. The van der Waals surface area contributed by atoms with Gasteiger partial charge in [-0.2, -0.15) is 0 Å². The third kappa shape index (κ3) is 5.07. The normalized spacial score (nSPS) is 13.7. The van der Waals surface area contributed by atoms with Gasteiger partial charge in [0, 0.05) is 24.2 Å². The Hall–Kier alpha value is -0.570. The van der Waals surface area contributed by atoms with E-state index in [4.69, 9.17) is 16.7 Å². The minimum atomic E-state index is 0.120. The lowest BCUT2D eigenvalue weighted by Crippen LogP contribution is -2.32. The number of hydrogen-bond acceptors (Lipinski definition) is 2. The first-order valence-corrected chi connectivity index (χ1v) is 6.42. The standard InChI is InChI=1S/C14H22ClNO/c1-11(12-4-6-13(15)7-5-12)16-10-14(2,3)8-9-17/h4-7,11,16-17H,8-10H2,1-3H3. The monoisotopic (exact) mass is 255 g/mol. The highest BCUT2D eigenvalue weighted by Crippen LogP contribution is 2.21. The number of aliphatic hydroxyl groups is 1. The predicted molar refractivity (Wildman–Crippen MR) is 73.4 cm³/mol. The van der Waals surface area contributed by atoms with Crippen LogP contribution in [0.15, 0.2) is 24.3 Å². The average molecular weight is 256 g/mol. The zero-order valence-corrected chi connectivity index (χ0v) is 11.6.